The summed E-state index contributed by atoms with van der Waals surface area (Å²) in [5, 5.41) is 11.9. The van der Waals surface area contributed by atoms with Gasteiger partial charge in [0.1, 0.15) is 5.69 Å². The first-order valence-corrected chi connectivity index (χ1v) is 18.2. The summed E-state index contributed by atoms with van der Waals surface area (Å²) < 4.78 is 34.2. The molecule has 0 atom stereocenters. The smallest absolute Gasteiger partial charge is 0.274 e. The Balaban J connectivity index is 1.65. The molecule has 3 N–H and O–H groups in total. The number of benzene rings is 1. The van der Waals surface area contributed by atoms with Gasteiger partial charge in [0.15, 0.2) is 0 Å². The molecule has 2 fully saturated rings. The van der Waals surface area contributed by atoms with Gasteiger partial charge in [0.05, 0.1) is 37.4 Å². The van der Waals surface area contributed by atoms with Crippen LogP contribution in [0.15, 0.2) is 35.1 Å². The lowest BCUT2D eigenvalue weighted by Gasteiger charge is -2.38. The molecule has 1 aromatic carbocycles. The first-order valence-electron chi connectivity index (χ1n) is 13.1. The number of aryl methyl sites for hydroxylation is 1. The maximum absolute atomic E-state index is 13.6. The highest BCUT2D eigenvalue weighted by Crippen LogP contribution is 2.32. The van der Waals surface area contributed by atoms with Crippen molar-refractivity contribution in [2.45, 2.75) is 51.0 Å². The van der Waals surface area contributed by atoms with Crippen LogP contribution < -0.4 is 20.5 Å². The Morgan fingerprint density at radius 1 is 1.13 bits per heavy atom. The van der Waals surface area contributed by atoms with Gasteiger partial charge in [0.25, 0.3) is 11.5 Å². The number of nitrogens with one attached hydrogen (secondary N) is 2. The SMILES string of the molecule is Cc1ccc(NC(=O)c2ccc(NS(=O)(=O)CCO)cc2N2CC[Si](C)(C)CC2)c(=O)n1C1CCOCC1. The summed E-state index contributed by atoms with van der Waals surface area (Å²) in [6, 6.07) is 10.4. The molecule has 4 rings (SSSR count). The Kier molecular flexibility index (Phi) is 8.65. The molecular formula is C26H38N4O6SSi. The van der Waals surface area contributed by atoms with Crippen LogP contribution in [0.4, 0.5) is 17.1 Å². The highest BCUT2D eigenvalue weighted by molar-refractivity contribution is 7.92. The van der Waals surface area contributed by atoms with E-state index in [0.717, 1.165) is 43.7 Å². The third-order valence-corrected chi connectivity index (χ3v) is 11.9. The second kappa shape index (κ2) is 11.6. The lowest BCUT2D eigenvalue weighted by molar-refractivity contribution is 0.0681. The van der Waals surface area contributed by atoms with E-state index >= 15 is 0 Å². The van der Waals surface area contributed by atoms with Crippen molar-refractivity contribution in [1.82, 2.24) is 4.57 Å². The number of ether oxygens (including phenoxy) is 1. The van der Waals surface area contributed by atoms with Crippen LogP contribution in [0.5, 0.6) is 0 Å². The van der Waals surface area contributed by atoms with E-state index < -0.39 is 36.4 Å². The standard InChI is InChI=1S/C26H38N4O6SSi/c1-19-4-7-23(26(33)30(19)21-8-13-36-14-9-21)27-25(32)22-6-5-20(28-37(34,35)15-12-31)18-24(22)29-10-16-38(2,3)17-11-29/h4-7,18,21,28,31H,8-17H2,1-3H3,(H,27,32). The number of carbonyl (C=O) groups is 1. The van der Waals surface area contributed by atoms with E-state index in [2.05, 4.69) is 28.0 Å². The van der Waals surface area contributed by atoms with Crippen molar-refractivity contribution in [3.8, 4) is 0 Å². The lowest BCUT2D eigenvalue weighted by atomic mass is 10.1. The Labute approximate surface area is 225 Å². The molecular weight excluding hydrogens is 524 g/mol. The number of aliphatic hydroxyl groups is 1. The molecule has 38 heavy (non-hydrogen) atoms. The predicted molar refractivity (Wildman–Crippen MR) is 153 cm³/mol. The molecule has 0 aliphatic carbocycles. The summed E-state index contributed by atoms with van der Waals surface area (Å²) in [6.45, 7) is 8.83. The third-order valence-electron chi connectivity index (χ3n) is 7.46. The van der Waals surface area contributed by atoms with Gasteiger partial charge in [-0.05, 0) is 62.2 Å². The summed E-state index contributed by atoms with van der Waals surface area (Å²) in [7, 11) is -5.03. The van der Waals surface area contributed by atoms with Crippen LogP contribution in [0, 0.1) is 6.92 Å². The monoisotopic (exact) mass is 562 g/mol. The Morgan fingerprint density at radius 2 is 1.82 bits per heavy atom. The molecule has 1 amide bonds. The normalized spacial score (nSPS) is 18.3. The van der Waals surface area contributed by atoms with E-state index in [9.17, 15) is 18.0 Å². The van der Waals surface area contributed by atoms with Gasteiger partial charge >= 0.3 is 0 Å². The van der Waals surface area contributed by atoms with Crippen LogP contribution in [-0.4, -0.2) is 70.7 Å². The Bertz CT molecular complexity index is 1330. The molecule has 12 heteroatoms. The van der Waals surface area contributed by atoms with Crippen LogP contribution in [-0.2, 0) is 14.8 Å². The number of pyridine rings is 1. The molecule has 0 saturated carbocycles. The molecule has 1 aromatic heterocycles. The molecule has 208 valence electrons. The summed E-state index contributed by atoms with van der Waals surface area (Å²) in [5.41, 5.74) is 2.11. The summed E-state index contributed by atoms with van der Waals surface area (Å²) >= 11 is 0. The van der Waals surface area contributed by atoms with Gasteiger partial charge in [-0.1, -0.05) is 13.1 Å². The quantitative estimate of drug-likeness (QED) is 0.422. The minimum atomic E-state index is -3.72. The molecule has 0 unspecified atom stereocenters. The van der Waals surface area contributed by atoms with Crippen molar-refractivity contribution in [2.24, 2.45) is 0 Å². The minimum Gasteiger partial charge on any atom is -0.395 e. The number of nitrogens with zero attached hydrogens (tertiary/aromatic N) is 2. The molecule has 2 aromatic rings. The number of sulfonamides is 1. The number of carbonyl (C=O) groups excluding carboxylic acids is 1. The van der Waals surface area contributed by atoms with Crippen molar-refractivity contribution < 1.29 is 23.1 Å². The van der Waals surface area contributed by atoms with Gasteiger partial charge in [0.2, 0.25) is 10.0 Å². The van der Waals surface area contributed by atoms with Crippen LogP contribution >= 0.6 is 0 Å². The maximum atomic E-state index is 13.6. The maximum Gasteiger partial charge on any atom is 0.274 e. The first kappa shape index (κ1) is 28.3. The number of hydrogen-bond acceptors (Lipinski definition) is 7. The average Bonchev–Trinajstić information content (AvgIpc) is 2.86. The number of aliphatic hydroxyl groups excluding tert-OH is 1. The largest absolute Gasteiger partial charge is 0.395 e. The molecule has 2 saturated heterocycles. The van der Waals surface area contributed by atoms with Gasteiger partial charge in [-0.15, -0.1) is 0 Å². The molecule has 10 nitrogen and oxygen atoms in total. The second-order valence-corrected chi connectivity index (χ2v) is 18.1. The first-order chi connectivity index (χ1) is 18.0. The summed E-state index contributed by atoms with van der Waals surface area (Å²) in [4.78, 5) is 29.1. The Morgan fingerprint density at radius 3 is 2.47 bits per heavy atom. The highest BCUT2D eigenvalue weighted by Gasteiger charge is 2.30. The predicted octanol–water partition coefficient (Wildman–Crippen LogP) is 3.02. The molecule has 0 bridgehead atoms. The van der Waals surface area contributed by atoms with Crippen LogP contribution in [0.3, 0.4) is 0 Å². The number of rotatable bonds is 8. The average molecular weight is 563 g/mol. The fraction of sp³-hybridized carbons (Fsp3) is 0.538. The molecule has 3 heterocycles. The van der Waals surface area contributed by atoms with Crippen molar-refractivity contribution in [3.63, 3.8) is 0 Å². The number of amides is 1. The van der Waals surface area contributed by atoms with E-state index in [-0.39, 0.29) is 17.3 Å². The molecule has 0 radical (unpaired) electrons. The van der Waals surface area contributed by atoms with Crippen molar-refractivity contribution >= 4 is 41.1 Å². The summed E-state index contributed by atoms with van der Waals surface area (Å²) in [5.74, 6) is -0.840. The molecule has 0 spiro atoms. The van der Waals surface area contributed by atoms with Gasteiger partial charge in [0, 0.05) is 38.0 Å². The van der Waals surface area contributed by atoms with Crippen LogP contribution in [0.2, 0.25) is 25.2 Å². The van der Waals surface area contributed by atoms with Gasteiger partial charge in [-0.3, -0.25) is 14.3 Å². The van der Waals surface area contributed by atoms with E-state index in [4.69, 9.17) is 9.84 Å². The van der Waals surface area contributed by atoms with Gasteiger partial charge in [-0.25, -0.2) is 8.42 Å². The zero-order valence-corrected chi connectivity index (χ0v) is 24.1. The third kappa shape index (κ3) is 6.66. The van der Waals surface area contributed by atoms with E-state index in [0.29, 0.717) is 30.2 Å². The van der Waals surface area contributed by atoms with Crippen molar-refractivity contribution in [3.05, 3.63) is 51.9 Å². The number of anilines is 3. The number of aromatic nitrogens is 1. The topological polar surface area (TPSA) is 130 Å². The van der Waals surface area contributed by atoms with Gasteiger partial charge in [-0.2, -0.15) is 0 Å². The van der Waals surface area contributed by atoms with E-state index in [1.54, 1.807) is 22.8 Å². The Hall–Kier alpha value is -2.67. The van der Waals surface area contributed by atoms with Crippen molar-refractivity contribution in [1.29, 1.82) is 0 Å². The molecule has 2 aliphatic rings. The fourth-order valence-electron chi connectivity index (χ4n) is 5.08. The summed E-state index contributed by atoms with van der Waals surface area (Å²) in [6.07, 6.45) is 1.48. The van der Waals surface area contributed by atoms with Gasteiger partial charge < -0.3 is 24.6 Å². The van der Waals surface area contributed by atoms with E-state index in [1.165, 1.54) is 6.07 Å². The number of hydrogen-bond donors (Lipinski definition) is 3. The van der Waals surface area contributed by atoms with Crippen LogP contribution in [0.1, 0.15) is 34.9 Å². The lowest BCUT2D eigenvalue weighted by Crippen LogP contribution is -2.43. The second-order valence-electron chi connectivity index (χ2n) is 10.9. The zero-order valence-electron chi connectivity index (χ0n) is 22.3. The van der Waals surface area contributed by atoms with Crippen LogP contribution in [0.25, 0.3) is 0 Å². The highest BCUT2D eigenvalue weighted by atomic mass is 32.2. The minimum absolute atomic E-state index is 0.0239. The molecule has 2 aliphatic heterocycles. The van der Waals surface area contributed by atoms with Crippen molar-refractivity contribution in [2.75, 3.05) is 53.6 Å². The zero-order chi connectivity index (χ0) is 27.5. The fourth-order valence-corrected chi connectivity index (χ4v) is 7.91. The van der Waals surface area contributed by atoms with E-state index in [1.807, 2.05) is 13.0 Å².